The largest absolute Gasteiger partial charge is 0.465 e. The van der Waals surface area contributed by atoms with Gasteiger partial charge < -0.3 is 4.74 Å². The summed E-state index contributed by atoms with van der Waals surface area (Å²) >= 11 is 0. The van der Waals surface area contributed by atoms with Crippen LogP contribution in [-0.2, 0) is 9.53 Å². The first kappa shape index (κ1) is 12.3. The van der Waals surface area contributed by atoms with Crippen molar-refractivity contribution in [2.45, 2.75) is 13.3 Å². The maximum absolute atomic E-state index is 10.2. The number of carbonyl (C=O) groups excluding carboxylic acids is 1. The minimum absolute atomic E-state index is 0. The van der Waals surface area contributed by atoms with E-state index in [1.54, 1.807) is 13.0 Å². The van der Waals surface area contributed by atoms with Crippen molar-refractivity contribution in [2.75, 3.05) is 6.61 Å². The van der Waals surface area contributed by atoms with Gasteiger partial charge in [0.05, 0.1) is 12.7 Å². The van der Waals surface area contributed by atoms with Crippen LogP contribution in [0.15, 0.2) is 0 Å². The molecule has 0 fully saturated rings. The van der Waals surface area contributed by atoms with Crippen LogP contribution in [0.3, 0.4) is 0 Å². The molecule has 9 heavy (non-hydrogen) atoms. The number of hydrogen-bond acceptors (Lipinski definition) is 3. The van der Waals surface area contributed by atoms with Gasteiger partial charge in [0, 0.05) is 51.4 Å². The van der Waals surface area contributed by atoms with Crippen LogP contribution in [0.5, 0.6) is 0 Å². The number of nitriles is 1. The Morgan fingerprint density at radius 3 is 2.67 bits per heavy atom. The average molecular weight is 152 g/mol. The summed E-state index contributed by atoms with van der Waals surface area (Å²) in [6.07, 6.45) is -0.145. The first-order valence-electron chi connectivity index (χ1n) is 2.33. The van der Waals surface area contributed by atoms with E-state index in [9.17, 15) is 4.79 Å². The zero-order valence-corrected chi connectivity index (χ0v) is 8.80. The van der Waals surface area contributed by atoms with Gasteiger partial charge in [-0.3, -0.25) is 4.79 Å². The molecule has 0 aliphatic carbocycles. The molecule has 0 atom stereocenters. The van der Waals surface area contributed by atoms with Crippen LogP contribution in [0.4, 0.5) is 0 Å². The van der Waals surface area contributed by atoms with Crippen LogP contribution < -0.4 is 0 Å². The molecule has 0 rings (SSSR count). The zero-order valence-electron chi connectivity index (χ0n) is 5.68. The molecule has 0 amide bonds. The van der Waals surface area contributed by atoms with Gasteiger partial charge in [-0.05, 0) is 6.92 Å². The number of esters is 1. The summed E-state index contributed by atoms with van der Waals surface area (Å²) in [5.74, 6) is -0.449. The number of nitrogens with zero attached hydrogens (tertiary/aromatic N) is 1. The Bertz CT molecular complexity index is 119. The molecule has 0 saturated carbocycles. The number of carbonyl (C=O) groups is 1. The molecule has 0 aliphatic heterocycles. The Morgan fingerprint density at radius 2 is 2.33 bits per heavy atom. The molecule has 0 heterocycles. The molecular weight excluding hydrogens is 145 g/mol. The van der Waals surface area contributed by atoms with Gasteiger partial charge in [-0.25, -0.2) is 0 Å². The van der Waals surface area contributed by atoms with Crippen LogP contribution in [-0.4, -0.2) is 64.0 Å². The molecule has 0 aromatic heterocycles. The molecule has 4 heteroatoms. The molecule has 45 valence electrons. The van der Waals surface area contributed by atoms with Crippen molar-refractivity contribution in [2.24, 2.45) is 0 Å². The van der Waals surface area contributed by atoms with E-state index in [2.05, 4.69) is 4.74 Å². The van der Waals surface area contributed by atoms with E-state index in [1.165, 1.54) is 0 Å². The first-order chi connectivity index (χ1) is 3.81. The summed E-state index contributed by atoms with van der Waals surface area (Å²) in [5.41, 5.74) is 0. The third-order valence-corrected chi connectivity index (χ3v) is 0.529. The SMILES string of the molecule is CCOC(=O)CC#N.[K]. The van der Waals surface area contributed by atoms with E-state index in [4.69, 9.17) is 5.26 Å². The predicted molar refractivity (Wildman–Crippen MR) is 32.6 cm³/mol. The second kappa shape index (κ2) is 8.60. The quantitative estimate of drug-likeness (QED) is 0.416. The minimum Gasteiger partial charge on any atom is -0.465 e. The normalized spacial score (nSPS) is 6.67. The Kier molecular flexibility index (Phi) is 11.7. The minimum atomic E-state index is -0.449. The van der Waals surface area contributed by atoms with Crippen molar-refractivity contribution in [1.29, 1.82) is 5.26 Å². The van der Waals surface area contributed by atoms with Gasteiger partial charge in [-0.2, -0.15) is 5.26 Å². The number of hydrogen-bond donors (Lipinski definition) is 0. The smallest absolute Gasteiger partial charge is 0.320 e. The van der Waals surface area contributed by atoms with Gasteiger partial charge in [-0.15, -0.1) is 0 Å². The van der Waals surface area contributed by atoms with Gasteiger partial charge in [0.15, 0.2) is 0 Å². The molecule has 0 aromatic carbocycles. The standard InChI is InChI=1S/C5H7NO2.K/c1-2-8-5(7)3-4-6;/h2-3H2,1H3;. The van der Waals surface area contributed by atoms with Crippen molar-refractivity contribution < 1.29 is 9.53 Å². The molecule has 0 spiro atoms. The molecule has 0 aromatic rings. The van der Waals surface area contributed by atoms with E-state index >= 15 is 0 Å². The predicted octanol–water partition coefficient (Wildman–Crippen LogP) is 0.0824. The Labute approximate surface area is 96.8 Å². The Balaban J connectivity index is 0. The summed E-state index contributed by atoms with van der Waals surface area (Å²) in [5, 5.41) is 7.91. The van der Waals surface area contributed by atoms with Gasteiger partial charge in [0.25, 0.3) is 0 Å². The summed E-state index contributed by atoms with van der Waals surface area (Å²) < 4.78 is 4.42. The van der Waals surface area contributed by atoms with E-state index < -0.39 is 5.97 Å². The fourth-order valence-corrected chi connectivity index (χ4v) is 0.277. The van der Waals surface area contributed by atoms with Crippen LogP contribution in [0.25, 0.3) is 0 Å². The maximum Gasteiger partial charge on any atom is 0.320 e. The summed E-state index contributed by atoms with van der Waals surface area (Å²) in [6, 6.07) is 1.68. The fraction of sp³-hybridized carbons (Fsp3) is 0.600. The average Bonchev–Trinajstić information content (AvgIpc) is 1.68. The van der Waals surface area contributed by atoms with E-state index in [0.29, 0.717) is 6.61 Å². The Morgan fingerprint density at radius 1 is 1.78 bits per heavy atom. The molecule has 1 radical (unpaired) electrons. The van der Waals surface area contributed by atoms with Crippen LogP contribution in [0.1, 0.15) is 13.3 Å². The van der Waals surface area contributed by atoms with Crippen molar-refractivity contribution >= 4 is 57.4 Å². The van der Waals surface area contributed by atoms with Crippen molar-refractivity contribution in [3.63, 3.8) is 0 Å². The van der Waals surface area contributed by atoms with E-state index in [-0.39, 0.29) is 57.8 Å². The molecule has 0 bridgehead atoms. The topological polar surface area (TPSA) is 50.1 Å². The van der Waals surface area contributed by atoms with Crippen LogP contribution in [0, 0.1) is 11.3 Å². The molecular formula is C5H7KNO2. The van der Waals surface area contributed by atoms with Gasteiger partial charge in [-0.1, -0.05) is 0 Å². The van der Waals surface area contributed by atoms with Gasteiger partial charge in [0.1, 0.15) is 6.42 Å². The third-order valence-electron chi connectivity index (χ3n) is 0.529. The number of ether oxygens (including phenoxy) is 1. The van der Waals surface area contributed by atoms with Crippen molar-refractivity contribution in [3.8, 4) is 6.07 Å². The molecule has 3 nitrogen and oxygen atoms in total. The van der Waals surface area contributed by atoms with Crippen LogP contribution >= 0.6 is 0 Å². The molecule has 0 aliphatic rings. The summed E-state index contributed by atoms with van der Waals surface area (Å²) in [7, 11) is 0. The van der Waals surface area contributed by atoms with E-state index in [0.717, 1.165) is 0 Å². The fourth-order valence-electron chi connectivity index (χ4n) is 0.277. The zero-order chi connectivity index (χ0) is 6.41. The first-order valence-corrected chi connectivity index (χ1v) is 2.33. The monoisotopic (exact) mass is 152 g/mol. The Hall–Kier alpha value is 0.596. The van der Waals surface area contributed by atoms with E-state index in [1.807, 2.05) is 0 Å². The molecule has 0 saturated heterocycles. The number of rotatable bonds is 2. The second-order valence-electron chi connectivity index (χ2n) is 1.14. The van der Waals surface area contributed by atoms with Gasteiger partial charge in [0.2, 0.25) is 0 Å². The molecule has 0 N–H and O–H groups in total. The summed E-state index contributed by atoms with van der Waals surface area (Å²) in [6.45, 7) is 2.05. The maximum atomic E-state index is 10.2. The van der Waals surface area contributed by atoms with Crippen LogP contribution in [0.2, 0.25) is 0 Å². The second-order valence-corrected chi connectivity index (χ2v) is 1.14. The molecule has 0 unspecified atom stereocenters. The van der Waals surface area contributed by atoms with Gasteiger partial charge >= 0.3 is 5.97 Å². The van der Waals surface area contributed by atoms with Crippen molar-refractivity contribution in [1.82, 2.24) is 0 Å². The third kappa shape index (κ3) is 8.60. The van der Waals surface area contributed by atoms with Crippen molar-refractivity contribution in [3.05, 3.63) is 0 Å². The summed E-state index contributed by atoms with van der Waals surface area (Å²) in [4.78, 5) is 10.2.